The topological polar surface area (TPSA) is 73.1 Å². The van der Waals surface area contributed by atoms with E-state index in [4.69, 9.17) is 5.26 Å². The molecule has 108 valence electrons. The molecular weight excluding hydrogens is 272 g/mol. The lowest BCUT2D eigenvalue weighted by molar-refractivity contribution is -0.124. The largest absolute Gasteiger partial charge is 0.395 e. The Morgan fingerprint density at radius 1 is 1.45 bits per heavy atom. The van der Waals surface area contributed by atoms with Gasteiger partial charge in [-0.1, -0.05) is 30.3 Å². The molecule has 1 aromatic carbocycles. The normalized spacial score (nSPS) is 14.9. The van der Waals surface area contributed by atoms with Gasteiger partial charge in [-0.15, -0.1) is 0 Å². The highest BCUT2D eigenvalue weighted by molar-refractivity contribution is 7.99. The molecule has 20 heavy (non-hydrogen) atoms. The fraction of sp³-hybridized carbons (Fsp3) is 0.467. The molecule has 0 aliphatic heterocycles. The molecule has 0 heterocycles. The number of nitriles is 1. The molecule has 0 radical (unpaired) electrons. The van der Waals surface area contributed by atoms with Gasteiger partial charge in [-0.25, -0.2) is 0 Å². The molecule has 3 atom stereocenters. The number of carbonyl (C=O) groups excluding carboxylic acids is 1. The highest BCUT2D eigenvalue weighted by Crippen LogP contribution is 2.13. The smallest absolute Gasteiger partial charge is 0.237 e. The van der Waals surface area contributed by atoms with Gasteiger partial charge in [0.15, 0.2) is 0 Å². The molecule has 1 rings (SSSR count). The van der Waals surface area contributed by atoms with Crippen molar-refractivity contribution < 1.29 is 9.90 Å². The summed E-state index contributed by atoms with van der Waals surface area (Å²) in [5.74, 6) is -0.989. The highest BCUT2D eigenvalue weighted by atomic mass is 32.2. The third kappa shape index (κ3) is 4.87. The fourth-order valence-corrected chi connectivity index (χ4v) is 2.53. The Kier molecular flexibility index (Phi) is 7.13. The molecule has 1 aromatic rings. The summed E-state index contributed by atoms with van der Waals surface area (Å²) in [6.45, 7) is 1.84. The zero-order valence-electron chi connectivity index (χ0n) is 11.7. The average molecular weight is 292 g/mol. The molecule has 0 saturated heterocycles. The third-order valence-electron chi connectivity index (χ3n) is 3.17. The molecule has 0 aliphatic carbocycles. The predicted molar refractivity (Wildman–Crippen MR) is 81.2 cm³/mol. The molecule has 1 amide bonds. The second kappa shape index (κ2) is 8.62. The molecule has 0 bridgehead atoms. The lowest BCUT2D eigenvalue weighted by Gasteiger charge is -2.22. The lowest BCUT2D eigenvalue weighted by atomic mass is 9.99. The van der Waals surface area contributed by atoms with Crippen molar-refractivity contribution in [2.24, 2.45) is 5.92 Å². The number of nitrogens with one attached hydrogen (secondary N) is 1. The van der Waals surface area contributed by atoms with Gasteiger partial charge in [0, 0.05) is 11.3 Å². The molecule has 0 aliphatic rings. The Morgan fingerprint density at radius 3 is 2.60 bits per heavy atom. The molecule has 4 nitrogen and oxygen atoms in total. The van der Waals surface area contributed by atoms with Crippen LogP contribution in [0.5, 0.6) is 0 Å². The van der Waals surface area contributed by atoms with Crippen LogP contribution in [0, 0.1) is 17.2 Å². The summed E-state index contributed by atoms with van der Waals surface area (Å²) < 4.78 is 0. The Labute approximate surface area is 124 Å². The number of hydrogen-bond acceptors (Lipinski definition) is 4. The van der Waals surface area contributed by atoms with Crippen LogP contribution >= 0.6 is 11.8 Å². The van der Waals surface area contributed by atoms with Gasteiger partial charge in [0.1, 0.15) is 5.92 Å². The third-order valence-corrected chi connectivity index (χ3v) is 4.33. The van der Waals surface area contributed by atoms with Crippen LogP contribution in [-0.4, -0.2) is 35.2 Å². The Balaban J connectivity index is 2.62. The van der Waals surface area contributed by atoms with E-state index in [2.05, 4.69) is 5.32 Å². The molecule has 0 saturated carbocycles. The van der Waals surface area contributed by atoms with Crippen LogP contribution in [0.4, 0.5) is 0 Å². The standard InChI is InChI=1S/C15H20N2O2S/c1-11(14(10-18)20-2)17-15(19)13(9-16)8-12-6-4-3-5-7-12/h3-7,11,13-14,18H,8,10H2,1-2H3,(H,17,19). The summed E-state index contributed by atoms with van der Waals surface area (Å²) in [6, 6.07) is 11.4. The Hall–Kier alpha value is -1.51. The van der Waals surface area contributed by atoms with Gasteiger partial charge in [0.2, 0.25) is 5.91 Å². The number of benzene rings is 1. The van der Waals surface area contributed by atoms with Crippen LogP contribution in [0.25, 0.3) is 0 Å². The summed E-state index contributed by atoms with van der Waals surface area (Å²) in [7, 11) is 0. The maximum atomic E-state index is 12.1. The van der Waals surface area contributed by atoms with Gasteiger partial charge < -0.3 is 10.4 Å². The summed E-state index contributed by atoms with van der Waals surface area (Å²) >= 11 is 1.50. The lowest BCUT2D eigenvalue weighted by Crippen LogP contribution is -2.44. The van der Waals surface area contributed by atoms with Crippen LogP contribution in [0.15, 0.2) is 30.3 Å². The maximum absolute atomic E-state index is 12.1. The second-order valence-electron chi connectivity index (χ2n) is 4.63. The fourth-order valence-electron chi connectivity index (χ4n) is 1.90. The summed E-state index contributed by atoms with van der Waals surface area (Å²) in [5, 5.41) is 21.1. The van der Waals surface area contributed by atoms with Crippen LogP contribution in [0.1, 0.15) is 12.5 Å². The minimum Gasteiger partial charge on any atom is -0.395 e. The number of rotatable bonds is 7. The van der Waals surface area contributed by atoms with Crippen LogP contribution in [0.3, 0.4) is 0 Å². The molecular formula is C15H20N2O2S. The monoisotopic (exact) mass is 292 g/mol. The van der Waals surface area contributed by atoms with Crippen molar-refractivity contribution in [2.75, 3.05) is 12.9 Å². The van der Waals surface area contributed by atoms with E-state index in [1.807, 2.05) is 49.6 Å². The first kappa shape index (κ1) is 16.5. The van der Waals surface area contributed by atoms with Crippen molar-refractivity contribution in [1.29, 1.82) is 5.26 Å². The summed E-state index contributed by atoms with van der Waals surface area (Å²) in [5.41, 5.74) is 0.963. The number of thioether (sulfide) groups is 1. The first-order chi connectivity index (χ1) is 9.62. The van der Waals surface area contributed by atoms with Gasteiger partial charge in [0.25, 0.3) is 0 Å². The molecule has 3 unspecified atom stereocenters. The van der Waals surface area contributed by atoms with E-state index in [-0.39, 0.29) is 23.8 Å². The second-order valence-corrected chi connectivity index (χ2v) is 5.70. The number of nitrogens with zero attached hydrogens (tertiary/aromatic N) is 1. The van der Waals surface area contributed by atoms with Crippen LogP contribution in [-0.2, 0) is 11.2 Å². The quantitative estimate of drug-likeness (QED) is 0.800. The Morgan fingerprint density at radius 2 is 2.10 bits per heavy atom. The van der Waals surface area contributed by atoms with E-state index in [0.29, 0.717) is 6.42 Å². The zero-order chi connectivity index (χ0) is 15.0. The number of amides is 1. The van der Waals surface area contributed by atoms with E-state index < -0.39 is 5.92 Å². The van der Waals surface area contributed by atoms with E-state index in [1.54, 1.807) is 0 Å². The van der Waals surface area contributed by atoms with Crippen molar-refractivity contribution >= 4 is 17.7 Å². The van der Waals surface area contributed by atoms with Gasteiger partial charge in [0.05, 0.1) is 12.7 Å². The highest BCUT2D eigenvalue weighted by Gasteiger charge is 2.23. The van der Waals surface area contributed by atoms with Gasteiger partial charge in [-0.05, 0) is 25.2 Å². The van der Waals surface area contributed by atoms with E-state index in [1.165, 1.54) is 11.8 Å². The number of carbonyl (C=O) groups is 1. The van der Waals surface area contributed by atoms with Gasteiger partial charge in [-0.3, -0.25) is 4.79 Å². The van der Waals surface area contributed by atoms with Crippen LogP contribution < -0.4 is 5.32 Å². The first-order valence-electron chi connectivity index (χ1n) is 6.50. The van der Waals surface area contributed by atoms with Crippen molar-refractivity contribution in [3.05, 3.63) is 35.9 Å². The molecule has 0 fully saturated rings. The molecule has 0 aromatic heterocycles. The Bertz CT molecular complexity index is 455. The van der Waals surface area contributed by atoms with E-state index >= 15 is 0 Å². The van der Waals surface area contributed by atoms with Crippen molar-refractivity contribution in [1.82, 2.24) is 5.32 Å². The molecule has 2 N–H and O–H groups in total. The summed E-state index contributed by atoms with van der Waals surface area (Å²) in [6.07, 6.45) is 2.29. The van der Waals surface area contributed by atoms with Gasteiger partial charge >= 0.3 is 0 Å². The molecule has 0 spiro atoms. The number of aliphatic hydroxyl groups is 1. The van der Waals surface area contributed by atoms with E-state index in [0.717, 1.165) is 5.56 Å². The number of aliphatic hydroxyl groups excluding tert-OH is 1. The SMILES string of the molecule is CSC(CO)C(C)NC(=O)C(C#N)Cc1ccccc1. The molecule has 5 heteroatoms. The zero-order valence-corrected chi connectivity index (χ0v) is 12.6. The van der Waals surface area contributed by atoms with Crippen molar-refractivity contribution in [3.63, 3.8) is 0 Å². The van der Waals surface area contributed by atoms with Crippen LogP contribution in [0.2, 0.25) is 0 Å². The van der Waals surface area contributed by atoms with E-state index in [9.17, 15) is 9.90 Å². The minimum atomic E-state index is -0.707. The first-order valence-corrected chi connectivity index (χ1v) is 7.78. The predicted octanol–water partition coefficient (Wildman–Crippen LogP) is 1.60. The van der Waals surface area contributed by atoms with Gasteiger partial charge in [-0.2, -0.15) is 17.0 Å². The van der Waals surface area contributed by atoms with Crippen molar-refractivity contribution in [2.45, 2.75) is 24.6 Å². The average Bonchev–Trinajstić information content (AvgIpc) is 2.47. The maximum Gasteiger partial charge on any atom is 0.237 e. The number of hydrogen-bond donors (Lipinski definition) is 2. The summed E-state index contributed by atoms with van der Waals surface area (Å²) in [4.78, 5) is 12.1. The van der Waals surface area contributed by atoms with Crippen molar-refractivity contribution in [3.8, 4) is 6.07 Å². The minimum absolute atomic E-state index is 0.00147.